The highest BCUT2D eigenvalue weighted by atomic mass is 16.1. The molecule has 0 aliphatic heterocycles. The van der Waals surface area contributed by atoms with Crippen LogP contribution < -0.4 is 0 Å². The fourth-order valence-electron chi connectivity index (χ4n) is 7.71. The average Bonchev–Trinajstić information content (AvgIpc) is 3.06. The van der Waals surface area contributed by atoms with Gasteiger partial charge in [-0.05, 0) is 96.3 Å². The first-order valence-electron chi connectivity index (χ1n) is 11.3. The van der Waals surface area contributed by atoms with Crippen LogP contribution in [0.3, 0.4) is 0 Å². The largest absolute Gasteiger partial charge is 0.295 e. The van der Waals surface area contributed by atoms with Gasteiger partial charge >= 0.3 is 0 Å². The summed E-state index contributed by atoms with van der Waals surface area (Å²) in [4.78, 5) is 16.6. The van der Waals surface area contributed by atoms with Crippen LogP contribution in [0.5, 0.6) is 0 Å². The van der Waals surface area contributed by atoms with E-state index in [9.17, 15) is 4.79 Å². The number of allylic oxidation sites excluding steroid dienone is 4. The lowest BCUT2D eigenvalue weighted by Gasteiger charge is -2.59. The zero-order valence-corrected chi connectivity index (χ0v) is 17.6. The standard InChI is InChI=1S/C26H33NO/c1-4-17-14-20-22-8-7-21(18-6-5-13-27-16-18)25(22,2)12-10-23(20)26(3)11-9-19(28)15-24(17)26/h5-7,13,15-17,20,22-23H,4,8-12,14H2,1-3H3. The van der Waals surface area contributed by atoms with Crippen molar-refractivity contribution >= 4 is 11.4 Å². The second-order valence-corrected chi connectivity index (χ2v) is 10.3. The summed E-state index contributed by atoms with van der Waals surface area (Å²) in [6.45, 7) is 7.35. The van der Waals surface area contributed by atoms with E-state index in [4.69, 9.17) is 0 Å². The monoisotopic (exact) mass is 375 g/mol. The molecule has 1 aromatic rings. The summed E-state index contributed by atoms with van der Waals surface area (Å²) in [6, 6.07) is 4.31. The van der Waals surface area contributed by atoms with Gasteiger partial charge < -0.3 is 0 Å². The van der Waals surface area contributed by atoms with Crippen molar-refractivity contribution in [1.29, 1.82) is 0 Å². The van der Waals surface area contributed by atoms with Gasteiger partial charge in [0.05, 0.1) is 0 Å². The molecule has 0 aromatic carbocycles. The highest BCUT2D eigenvalue weighted by molar-refractivity contribution is 5.91. The van der Waals surface area contributed by atoms with Crippen LogP contribution in [0.4, 0.5) is 0 Å². The van der Waals surface area contributed by atoms with Gasteiger partial charge in [-0.15, -0.1) is 0 Å². The highest BCUT2D eigenvalue weighted by Gasteiger charge is 2.58. The smallest absolute Gasteiger partial charge is 0.155 e. The maximum atomic E-state index is 12.2. The first-order chi connectivity index (χ1) is 13.5. The van der Waals surface area contributed by atoms with Crippen LogP contribution in [0.25, 0.3) is 5.57 Å². The van der Waals surface area contributed by atoms with Crippen LogP contribution >= 0.6 is 0 Å². The van der Waals surface area contributed by atoms with Crippen LogP contribution in [-0.2, 0) is 4.79 Å². The number of nitrogens with zero attached hydrogens (tertiary/aromatic N) is 1. The van der Waals surface area contributed by atoms with E-state index in [0.29, 0.717) is 11.7 Å². The van der Waals surface area contributed by atoms with Crippen molar-refractivity contribution in [3.8, 4) is 0 Å². The SMILES string of the molecule is CCC1CC2C3CC=C(c4cccnc4)C3(C)CCC2C2(C)CCC(=O)C=C12. The topological polar surface area (TPSA) is 30.0 Å². The average molecular weight is 376 g/mol. The fraction of sp³-hybridized carbons (Fsp3) is 0.615. The molecule has 0 N–H and O–H groups in total. The van der Waals surface area contributed by atoms with Gasteiger partial charge in [0.15, 0.2) is 5.78 Å². The molecule has 2 heteroatoms. The molecule has 0 bridgehead atoms. The lowest BCUT2D eigenvalue weighted by molar-refractivity contribution is -0.117. The predicted molar refractivity (Wildman–Crippen MR) is 113 cm³/mol. The summed E-state index contributed by atoms with van der Waals surface area (Å²) >= 11 is 0. The molecule has 0 saturated heterocycles. The number of carbonyl (C=O) groups excluding carboxylic acids is 1. The Kier molecular flexibility index (Phi) is 4.19. The minimum Gasteiger partial charge on any atom is -0.295 e. The second-order valence-electron chi connectivity index (χ2n) is 10.3. The molecule has 0 radical (unpaired) electrons. The molecule has 4 aliphatic carbocycles. The Bertz CT molecular complexity index is 852. The van der Waals surface area contributed by atoms with Crippen molar-refractivity contribution in [2.24, 2.45) is 34.5 Å². The van der Waals surface area contributed by atoms with E-state index in [1.165, 1.54) is 43.2 Å². The summed E-state index contributed by atoms with van der Waals surface area (Å²) in [5.74, 6) is 3.23. The molecule has 0 amide bonds. The van der Waals surface area contributed by atoms with Crippen LogP contribution in [0, 0.1) is 34.5 Å². The van der Waals surface area contributed by atoms with Gasteiger partial charge in [0, 0.05) is 18.8 Å². The zero-order chi connectivity index (χ0) is 19.5. The van der Waals surface area contributed by atoms with Crippen molar-refractivity contribution in [2.75, 3.05) is 0 Å². The summed E-state index contributed by atoms with van der Waals surface area (Å²) in [7, 11) is 0. The van der Waals surface area contributed by atoms with E-state index in [0.717, 1.165) is 30.6 Å². The molecule has 2 fully saturated rings. The van der Waals surface area contributed by atoms with Crippen LogP contribution in [0.2, 0.25) is 0 Å². The van der Waals surface area contributed by atoms with Gasteiger partial charge in [0.25, 0.3) is 0 Å². The van der Waals surface area contributed by atoms with Crippen molar-refractivity contribution in [1.82, 2.24) is 4.98 Å². The first-order valence-corrected chi connectivity index (χ1v) is 11.3. The van der Waals surface area contributed by atoms with Crippen LogP contribution in [0.1, 0.15) is 71.3 Å². The van der Waals surface area contributed by atoms with E-state index in [1.54, 1.807) is 5.57 Å². The minimum atomic E-state index is 0.246. The molecule has 0 spiro atoms. The maximum absolute atomic E-state index is 12.2. The Morgan fingerprint density at radius 1 is 1.18 bits per heavy atom. The quantitative estimate of drug-likeness (QED) is 0.612. The maximum Gasteiger partial charge on any atom is 0.155 e. The minimum absolute atomic E-state index is 0.246. The molecule has 6 unspecified atom stereocenters. The molecular weight excluding hydrogens is 342 g/mol. The van der Waals surface area contributed by atoms with Crippen LogP contribution in [0.15, 0.2) is 42.3 Å². The first kappa shape index (κ1) is 18.3. The predicted octanol–water partition coefficient (Wildman–Crippen LogP) is 6.24. The number of pyridine rings is 1. The number of rotatable bonds is 2. The molecular formula is C26H33NO. The summed E-state index contributed by atoms with van der Waals surface area (Å²) in [5.41, 5.74) is 4.90. The molecule has 1 heterocycles. The molecule has 28 heavy (non-hydrogen) atoms. The van der Waals surface area contributed by atoms with Gasteiger partial charge in [0.2, 0.25) is 0 Å². The zero-order valence-electron chi connectivity index (χ0n) is 17.6. The molecule has 148 valence electrons. The summed E-state index contributed by atoms with van der Waals surface area (Å²) < 4.78 is 0. The number of carbonyl (C=O) groups is 1. The van der Waals surface area contributed by atoms with E-state index in [-0.39, 0.29) is 10.8 Å². The fourth-order valence-corrected chi connectivity index (χ4v) is 7.71. The van der Waals surface area contributed by atoms with E-state index in [2.05, 4.69) is 56.2 Å². The van der Waals surface area contributed by atoms with E-state index < -0.39 is 0 Å². The highest BCUT2D eigenvalue weighted by Crippen LogP contribution is 2.67. The molecule has 6 atom stereocenters. The Morgan fingerprint density at radius 3 is 2.79 bits per heavy atom. The van der Waals surface area contributed by atoms with Crippen molar-refractivity contribution in [2.45, 2.75) is 65.7 Å². The Morgan fingerprint density at radius 2 is 2.04 bits per heavy atom. The van der Waals surface area contributed by atoms with Gasteiger partial charge in [-0.25, -0.2) is 0 Å². The Hall–Kier alpha value is -1.70. The third-order valence-electron chi connectivity index (χ3n) is 9.16. The lowest BCUT2D eigenvalue weighted by atomic mass is 9.45. The van der Waals surface area contributed by atoms with Crippen LogP contribution in [-0.4, -0.2) is 10.8 Å². The molecule has 4 aliphatic rings. The van der Waals surface area contributed by atoms with Gasteiger partial charge in [0.1, 0.15) is 0 Å². The second kappa shape index (κ2) is 6.40. The van der Waals surface area contributed by atoms with Gasteiger partial charge in [-0.3, -0.25) is 9.78 Å². The van der Waals surface area contributed by atoms with Gasteiger partial charge in [-0.2, -0.15) is 0 Å². The number of fused-ring (bicyclic) bond motifs is 5. The third kappa shape index (κ3) is 2.46. The third-order valence-corrected chi connectivity index (χ3v) is 9.16. The molecule has 2 saturated carbocycles. The number of hydrogen-bond acceptors (Lipinski definition) is 2. The summed E-state index contributed by atoms with van der Waals surface area (Å²) in [6.07, 6.45) is 16.6. The number of ketones is 1. The molecule has 5 rings (SSSR count). The van der Waals surface area contributed by atoms with Crippen molar-refractivity contribution < 1.29 is 4.79 Å². The molecule has 2 nitrogen and oxygen atoms in total. The Labute approximate surface area is 169 Å². The Balaban J connectivity index is 1.52. The van der Waals surface area contributed by atoms with Gasteiger partial charge in [-0.1, -0.05) is 38.5 Å². The number of aromatic nitrogens is 1. The van der Waals surface area contributed by atoms with Crippen molar-refractivity contribution in [3.05, 3.63) is 47.8 Å². The lowest BCUT2D eigenvalue weighted by Crippen LogP contribution is -2.52. The summed E-state index contributed by atoms with van der Waals surface area (Å²) in [5, 5.41) is 0. The normalized spacial score (nSPS) is 42.2. The van der Waals surface area contributed by atoms with E-state index in [1.807, 2.05) is 6.20 Å². The number of hydrogen-bond donors (Lipinski definition) is 0. The van der Waals surface area contributed by atoms with Crippen molar-refractivity contribution in [3.63, 3.8) is 0 Å². The van der Waals surface area contributed by atoms with E-state index >= 15 is 0 Å². The molecule has 1 aromatic heterocycles.